The Labute approximate surface area is 190 Å². The Morgan fingerprint density at radius 3 is 2.48 bits per heavy atom. The summed E-state index contributed by atoms with van der Waals surface area (Å²) in [5.41, 5.74) is -1.60. The molecule has 6 nitrogen and oxygen atoms in total. The highest BCUT2D eigenvalue weighted by Crippen LogP contribution is 2.35. The molecule has 0 aliphatic rings. The number of esters is 1. The number of methoxy groups -OCH3 is 1. The molecule has 0 radical (unpaired) electrons. The topological polar surface area (TPSA) is 88.4 Å². The maximum Gasteiger partial charge on any atom is 0.418 e. The van der Waals surface area contributed by atoms with Crippen molar-refractivity contribution in [2.45, 2.75) is 6.18 Å². The summed E-state index contributed by atoms with van der Waals surface area (Å²) in [5, 5.41) is 13.2. The number of nitriles is 1. The highest BCUT2D eigenvalue weighted by molar-refractivity contribution is 7.12. The number of carbonyl (C=O) groups is 2. The van der Waals surface area contributed by atoms with Crippen molar-refractivity contribution in [3.05, 3.63) is 81.6 Å². The average molecular weight is 472 g/mol. The number of alkyl halides is 3. The molecule has 0 fully saturated rings. The number of halogens is 3. The zero-order chi connectivity index (χ0) is 24.0. The Balaban J connectivity index is 1.83. The Kier molecular flexibility index (Phi) is 7.15. The minimum Gasteiger partial charge on any atom is -0.493 e. The Morgan fingerprint density at radius 1 is 1.09 bits per heavy atom. The standard InChI is InChI=1S/C23H15F3N2O4S/c1-31-19-12-14(8-9-18(19)32-22(30)20-7-4-10-33-20)11-15(13-27)21(29)28-17-6-3-2-5-16(17)23(24,25)26/h2-12H,1H3,(H,28,29)/b15-11-. The predicted molar refractivity (Wildman–Crippen MR) is 116 cm³/mol. The van der Waals surface area contributed by atoms with Crippen molar-refractivity contribution < 1.29 is 32.2 Å². The molecule has 3 rings (SSSR count). The van der Waals surface area contributed by atoms with Crippen molar-refractivity contribution in [3.63, 3.8) is 0 Å². The van der Waals surface area contributed by atoms with Gasteiger partial charge in [-0.1, -0.05) is 24.3 Å². The van der Waals surface area contributed by atoms with Crippen molar-refractivity contribution in [1.29, 1.82) is 5.26 Å². The predicted octanol–water partition coefficient (Wildman–Crippen LogP) is 5.54. The Bertz CT molecular complexity index is 1250. The number of para-hydroxylation sites is 1. The molecule has 0 aliphatic carbocycles. The lowest BCUT2D eigenvalue weighted by Crippen LogP contribution is -2.17. The quantitative estimate of drug-likeness (QED) is 0.220. The van der Waals surface area contributed by atoms with Gasteiger partial charge in [-0.15, -0.1) is 11.3 Å². The number of hydrogen-bond acceptors (Lipinski definition) is 6. The SMILES string of the molecule is COc1cc(/C=C(/C#N)C(=O)Nc2ccccc2C(F)(F)F)ccc1OC(=O)c1cccs1. The van der Waals surface area contributed by atoms with Gasteiger partial charge in [-0.25, -0.2) is 4.79 Å². The van der Waals surface area contributed by atoms with Crippen LogP contribution in [0.4, 0.5) is 18.9 Å². The van der Waals surface area contributed by atoms with E-state index in [9.17, 15) is 28.0 Å². The molecule has 1 N–H and O–H groups in total. The summed E-state index contributed by atoms with van der Waals surface area (Å²) in [7, 11) is 1.34. The number of rotatable bonds is 6. The first-order chi connectivity index (χ1) is 15.7. The van der Waals surface area contributed by atoms with E-state index in [1.807, 2.05) is 0 Å². The Morgan fingerprint density at radius 2 is 1.85 bits per heavy atom. The number of ether oxygens (including phenoxy) is 2. The second-order valence-electron chi connectivity index (χ2n) is 6.44. The molecule has 33 heavy (non-hydrogen) atoms. The second kappa shape index (κ2) is 10.0. The van der Waals surface area contributed by atoms with Gasteiger partial charge in [0.25, 0.3) is 5.91 Å². The van der Waals surface area contributed by atoms with E-state index in [0.29, 0.717) is 10.4 Å². The van der Waals surface area contributed by atoms with Crippen LogP contribution in [0.25, 0.3) is 6.08 Å². The first-order valence-corrected chi connectivity index (χ1v) is 10.1. The van der Waals surface area contributed by atoms with Gasteiger partial charge in [0, 0.05) is 0 Å². The number of hydrogen-bond donors (Lipinski definition) is 1. The van der Waals surface area contributed by atoms with Gasteiger partial charge in [0.05, 0.1) is 18.4 Å². The van der Waals surface area contributed by atoms with Crippen LogP contribution >= 0.6 is 11.3 Å². The molecule has 1 aromatic heterocycles. The van der Waals surface area contributed by atoms with Gasteiger partial charge in [0.2, 0.25) is 0 Å². The van der Waals surface area contributed by atoms with Crippen molar-refractivity contribution in [3.8, 4) is 17.6 Å². The largest absolute Gasteiger partial charge is 0.493 e. The van der Waals surface area contributed by atoms with E-state index in [1.54, 1.807) is 23.6 Å². The molecule has 10 heteroatoms. The van der Waals surface area contributed by atoms with E-state index < -0.39 is 34.9 Å². The van der Waals surface area contributed by atoms with E-state index in [2.05, 4.69) is 5.32 Å². The summed E-state index contributed by atoms with van der Waals surface area (Å²) in [6.45, 7) is 0. The number of nitrogens with one attached hydrogen (secondary N) is 1. The molecule has 0 unspecified atom stereocenters. The molecule has 168 valence electrons. The lowest BCUT2D eigenvalue weighted by atomic mass is 10.1. The fourth-order valence-electron chi connectivity index (χ4n) is 2.75. The van der Waals surface area contributed by atoms with Gasteiger partial charge in [0.15, 0.2) is 11.5 Å². The fourth-order valence-corrected chi connectivity index (χ4v) is 3.35. The molecule has 3 aromatic rings. The number of carbonyl (C=O) groups excluding carboxylic acids is 2. The maximum absolute atomic E-state index is 13.2. The van der Waals surface area contributed by atoms with Gasteiger partial charge in [-0.3, -0.25) is 4.79 Å². The molecule has 0 saturated heterocycles. The Hall–Kier alpha value is -4.10. The average Bonchev–Trinajstić information content (AvgIpc) is 3.33. The van der Waals surface area contributed by atoms with Crippen molar-refractivity contribution in [2.75, 3.05) is 12.4 Å². The molecular weight excluding hydrogens is 457 g/mol. The van der Waals surface area contributed by atoms with Gasteiger partial charge in [0.1, 0.15) is 16.5 Å². The fraction of sp³-hybridized carbons (Fsp3) is 0.0870. The molecule has 0 spiro atoms. The molecule has 0 saturated carbocycles. The normalized spacial score (nSPS) is 11.4. The highest BCUT2D eigenvalue weighted by atomic mass is 32.1. The smallest absolute Gasteiger partial charge is 0.418 e. The third-order valence-electron chi connectivity index (χ3n) is 4.27. The van der Waals surface area contributed by atoms with Crippen LogP contribution in [0.5, 0.6) is 11.5 Å². The van der Waals surface area contributed by atoms with Crippen LogP contribution in [-0.2, 0) is 11.0 Å². The number of thiophene rings is 1. The number of anilines is 1. The highest BCUT2D eigenvalue weighted by Gasteiger charge is 2.33. The lowest BCUT2D eigenvalue weighted by Gasteiger charge is -2.13. The first-order valence-electron chi connectivity index (χ1n) is 9.26. The van der Waals surface area contributed by atoms with Crippen LogP contribution < -0.4 is 14.8 Å². The van der Waals surface area contributed by atoms with Crippen molar-refractivity contribution >= 4 is 35.0 Å². The molecule has 0 aliphatic heterocycles. The minimum absolute atomic E-state index is 0.120. The number of nitrogens with zero attached hydrogens (tertiary/aromatic N) is 1. The lowest BCUT2D eigenvalue weighted by molar-refractivity contribution is -0.137. The van der Waals surface area contributed by atoms with E-state index >= 15 is 0 Å². The summed E-state index contributed by atoms with van der Waals surface area (Å²) < 4.78 is 50.0. The molecule has 0 bridgehead atoms. The van der Waals surface area contributed by atoms with E-state index in [4.69, 9.17) is 9.47 Å². The minimum atomic E-state index is -4.68. The molecule has 0 atom stereocenters. The monoisotopic (exact) mass is 472 g/mol. The third-order valence-corrected chi connectivity index (χ3v) is 5.12. The van der Waals surface area contributed by atoms with E-state index in [0.717, 1.165) is 12.1 Å². The summed E-state index contributed by atoms with van der Waals surface area (Å²) in [4.78, 5) is 25.0. The van der Waals surface area contributed by atoms with Gasteiger partial charge in [-0.2, -0.15) is 18.4 Å². The van der Waals surface area contributed by atoms with Crippen molar-refractivity contribution in [2.24, 2.45) is 0 Å². The maximum atomic E-state index is 13.2. The van der Waals surface area contributed by atoms with E-state index in [1.165, 1.54) is 54.9 Å². The number of benzene rings is 2. The van der Waals surface area contributed by atoms with Crippen molar-refractivity contribution in [1.82, 2.24) is 0 Å². The molecular formula is C23H15F3N2O4S. The summed E-state index contributed by atoms with van der Waals surface area (Å²) >= 11 is 1.21. The molecule has 2 aromatic carbocycles. The van der Waals surface area contributed by atoms with Gasteiger partial charge < -0.3 is 14.8 Å². The summed E-state index contributed by atoms with van der Waals surface area (Å²) in [5.74, 6) is -1.31. The third kappa shape index (κ3) is 5.78. The number of amides is 1. The molecule has 1 heterocycles. The van der Waals surface area contributed by atoms with Crippen LogP contribution in [-0.4, -0.2) is 19.0 Å². The van der Waals surface area contributed by atoms with E-state index in [-0.39, 0.29) is 11.5 Å². The second-order valence-corrected chi connectivity index (χ2v) is 7.39. The van der Waals surface area contributed by atoms with Crippen LogP contribution in [0.15, 0.2) is 65.6 Å². The van der Waals surface area contributed by atoms with Crippen LogP contribution in [0.1, 0.15) is 20.8 Å². The molecule has 1 amide bonds. The van der Waals surface area contributed by atoms with Gasteiger partial charge >= 0.3 is 12.1 Å². The summed E-state index contributed by atoms with van der Waals surface area (Å²) in [6, 6.07) is 13.7. The zero-order valence-electron chi connectivity index (χ0n) is 17.0. The zero-order valence-corrected chi connectivity index (χ0v) is 17.8. The first kappa shape index (κ1) is 23.6. The van der Waals surface area contributed by atoms with Gasteiger partial charge in [-0.05, 0) is 47.4 Å². The van der Waals surface area contributed by atoms with Crippen LogP contribution in [0, 0.1) is 11.3 Å². The summed E-state index contributed by atoms with van der Waals surface area (Å²) in [6.07, 6.45) is -3.50. The van der Waals surface area contributed by atoms with Crippen LogP contribution in [0.2, 0.25) is 0 Å². The van der Waals surface area contributed by atoms with Crippen LogP contribution in [0.3, 0.4) is 0 Å².